The average Bonchev–Trinajstić information content (AvgIpc) is 2.49. The first-order valence-electron chi connectivity index (χ1n) is 6.59. The van der Waals surface area contributed by atoms with Crippen molar-refractivity contribution in [1.82, 2.24) is 0 Å². The molecule has 0 saturated carbocycles. The van der Waals surface area contributed by atoms with Gasteiger partial charge in [-0.1, -0.05) is 12.1 Å². The fourth-order valence-electron chi connectivity index (χ4n) is 1.77. The highest BCUT2D eigenvalue weighted by molar-refractivity contribution is 14.1. The predicted octanol–water partition coefficient (Wildman–Crippen LogP) is 4.06. The van der Waals surface area contributed by atoms with Crippen molar-refractivity contribution in [3.05, 3.63) is 69.4 Å². The number of carbonyl (C=O) groups excluding carboxylic acids is 1. The van der Waals surface area contributed by atoms with Gasteiger partial charge in [0.15, 0.2) is 0 Å². The fourth-order valence-corrected chi connectivity index (χ4v) is 2.13. The number of amides is 1. The lowest BCUT2D eigenvalue weighted by Gasteiger charge is -2.06. The summed E-state index contributed by atoms with van der Waals surface area (Å²) in [5, 5.41) is 14.8. The summed E-state index contributed by atoms with van der Waals surface area (Å²) in [5.41, 5.74) is 2.54. The molecule has 22 heavy (non-hydrogen) atoms. The zero-order chi connectivity index (χ0) is 15.9. The zero-order valence-electron chi connectivity index (χ0n) is 11.9. The van der Waals surface area contributed by atoms with Gasteiger partial charge in [0.2, 0.25) is 0 Å². The predicted molar refractivity (Wildman–Crippen MR) is 96.3 cm³/mol. The Bertz CT molecular complexity index is 745. The standard InChI is InChI=1S/C17H14IN3O/c1-12-3-2-4-16(9-12)21-17(22)13(10-19)11-20-15-7-5-14(18)6-8-15/h2-9,11,20H,1H3,(H,21,22)/b13-11-. The number of aryl methyl sites for hydroxylation is 1. The van der Waals surface area contributed by atoms with E-state index in [2.05, 4.69) is 33.2 Å². The van der Waals surface area contributed by atoms with Gasteiger partial charge in [0, 0.05) is 21.1 Å². The van der Waals surface area contributed by atoms with Crippen LogP contribution in [0.1, 0.15) is 5.56 Å². The normalized spacial score (nSPS) is 10.7. The summed E-state index contributed by atoms with van der Waals surface area (Å²) in [4.78, 5) is 12.1. The summed E-state index contributed by atoms with van der Waals surface area (Å²) in [6.45, 7) is 1.94. The molecule has 0 fully saturated rings. The molecular weight excluding hydrogens is 389 g/mol. The molecule has 0 bridgehead atoms. The van der Waals surface area contributed by atoms with Gasteiger partial charge < -0.3 is 10.6 Å². The van der Waals surface area contributed by atoms with Crippen LogP contribution in [0.4, 0.5) is 11.4 Å². The molecule has 0 unspecified atom stereocenters. The van der Waals surface area contributed by atoms with Crippen LogP contribution >= 0.6 is 22.6 Å². The van der Waals surface area contributed by atoms with Crippen molar-refractivity contribution >= 4 is 39.9 Å². The van der Waals surface area contributed by atoms with Crippen LogP contribution in [0.15, 0.2) is 60.3 Å². The second kappa shape index (κ2) is 7.61. The molecule has 2 N–H and O–H groups in total. The minimum absolute atomic E-state index is 0.0139. The van der Waals surface area contributed by atoms with Crippen molar-refractivity contribution in [2.75, 3.05) is 10.6 Å². The minimum atomic E-state index is -0.439. The van der Waals surface area contributed by atoms with Crippen molar-refractivity contribution in [3.8, 4) is 6.07 Å². The van der Waals surface area contributed by atoms with E-state index in [1.165, 1.54) is 6.20 Å². The number of rotatable bonds is 4. The third-order valence-electron chi connectivity index (χ3n) is 2.87. The molecule has 110 valence electrons. The van der Waals surface area contributed by atoms with Crippen LogP contribution in [0.25, 0.3) is 0 Å². The number of halogens is 1. The molecule has 0 atom stereocenters. The second-order valence-corrected chi connectivity index (χ2v) is 5.89. The largest absolute Gasteiger partial charge is 0.360 e. The molecule has 0 aliphatic carbocycles. The molecule has 1 amide bonds. The van der Waals surface area contributed by atoms with Gasteiger partial charge in [-0.3, -0.25) is 4.79 Å². The van der Waals surface area contributed by atoms with Gasteiger partial charge in [0.25, 0.3) is 5.91 Å². The van der Waals surface area contributed by atoms with Gasteiger partial charge >= 0.3 is 0 Å². The number of hydrogen-bond acceptors (Lipinski definition) is 3. The Kier molecular flexibility index (Phi) is 5.55. The third-order valence-corrected chi connectivity index (χ3v) is 3.59. The third kappa shape index (κ3) is 4.60. The van der Waals surface area contributed by atoms with Crippen molar-refractivity contribution in [2.24, 2.45) is 0 Å². The van der Waals surface area contributed by atoms with Crippen molar-refractivity contribution in [2.45, 2.75) is 6.92 Å². The Balaban J connectivity index is 2.07. The van der Waals surface area contributed by atoms with E-state index in [1.807, 2.05) is 55.5 Å². The number of hydrogen-bond donors (Lipinski definition) is 2. The Morgan fingerprint density at radius 1 is 1.18 bits per heavy atom. The lowest BCUT2D eigenvalue weighted by Crippen LogP contribution is -2.14. The summed E-state index contributed by atoms with van der Waals surface area (Å²) < 4.78 is 1.12. The van der Waals surface area contributed by atoms with Crippen molar-refractivity contribution < 1.29 is 4.79 Å². The van der Waals surface area contributed by atoms with E-state index in [-0.39, 0.29) is 5.57 Å². The number of nitrogens with one attached hydrogen (secondary N) is 2. The first-order chi connectivity index (χ1) is 10.6. The summed E-state index contributed by atoms with van der Waals surface area (Å²) in [6.07, 6.45) is 1.41. The molecule has 0 saturated heterocycles. The molecule has 2 aromatic rings. The van der Waals surface area contributed by atoms with Gasteiger partial charge in [0.05, 0.1) is 0 Å². The number of carbonyl (C=O) groups is 1. The van der Waals surface area contributed by atoms with E-state index in [4.69, 9.17) is 5.26 Å². The van der Waals surface area contributed by atoms with Gasteiger partial charge in [-0.2, -0.15) is 5.26 Å². The highest BCUT2D eigenvalue weighted by atomic mass is 127. The number of benzene rings is 2. The fraction of sp³-hybridized carbons (Fsp3) is 0.0588. The summed E-state index contributed by atoms with van der Waals surface area (Å²) >= 11 is 2.21. The average molecular weight is 403 g/mol. The van der Waals surface area contributed by atoms with Crippen molar-refractivity contribution in [3.63, 3.8) is 0 Å². The van der Waals surface area contributed by atoms with Crippen LogP contribution in [0.5, 0.6) is 0 Å². The van der Waals surface area contributed by atoms with Crippen molar-refractivity contribution in [1.29, 1.82) is 5.26 Å². The summed E-state index contributed by atoms with van der Waals surface area (Å²) in [5.74, 6) is -0.439. The van der Waals surface area contributed by atoms with Gasteiger partial charge in [-0.25, -0.2) is 0 Å². The van der Waals surface area contributed by atoms with E-state index in [0.717, 1.165) is 14.8 Å². The number of nitriles is 1. The summed E-state index contributed by atoms with van der Waals surface area (Å²) in [6, 6.07) is 17.0. The molecule has 0 heterocycles. The van der Waals surface area contributed by atoms with E-state index in [0.29, 0.717) is 5.69 Å². The molecule has 0 aliphatic rings. The first-order valence-corrected chi connectivity index (χ1v) is 7.67. The quantitative estimate of drug-likeness (QED) is 0.460. The Morgan fingerprint density at radius 2 is 1.91 bits per heavy atom. The lowest BCUT2D eigenvalue weighted by atomic mass is 10.2. The zero-order valence-corrected chi connectivity index (χ0v) is 14.1. The molecule has 4 nitrogen and oxygen atoms in total. The maximum atomic E-state index is 12.1. The van der Waals surface area contributed by atoms with Crippen LogP contribution in [-0.2, 0) is 4.79 Å². The van der Waals surface area contributed by atoms with Gasteiger partial charge in [0.1, 0.15) is 11.6 Å². The van der Waals surface area contributed by atoms with E-state index in [9.17, 15) is 4.79 Å². The van der Waals surface area contributed by atoms with Gasteiger partial charge in [-0.05, 0) is 71.5 Å². The monoisotopic (exact) mass is 403 g/mol. The van der Waals surface area contributed by atoms with Crippen LogP contribution in [0.2, 0.25) is 0 Å². The van der Waals surface area contributed by atoms with E-state index in [1.54, 1.807) is 6.07 Å². The Labute approximate surface area is 143 Å². The maximum absolute atomic E-state index is 12.1. The maximum Gasteiger partial charge on any atom is 0.267 e. The Hall–Kier alpha value is -2.33. The van der Waals surface area contributed by atoms with Crippen LogP contribution in [0, 0.1) is 21.8 Å². The lowest BCUT2D eigenvalue weighted by molar-refractivity contribution is -0.112. The molecular formula is C17H14IN3O. The topological polar surface area (TPSA) is 64.9 Å². The minimum Gasteiger partial charge on any atom is -0.360 e. The number of anilines is 2. The van der Waals surface area contributed by atoms with Gasteiger partial charge in [-0.15, -0.1) is 0 Å². The first kappa shape index (κ1) is 16.0. The van der Waals surface area contributed by atoms with E-state index < -0.39 is 5.91 Å². The number of nitrogens with zero attached hydrogens (tertiary/aromatic N) is 1. The SMILES string of the molecule is Cc1cccc(NC(=O)/C(C#N)=C\Nc2ccc(I)cc2)c1. The van der Waals surface area contributed by atoms with Crippen LogP contribution in [0.3, 0.4) is 0 Å². The highest BCUT2D eigenvalue weighted by Crippen LogP contribution is 2.13. The molecule has 2 aromatic carbocycles. The molecule has 0 spiro atoms. The summed E-state index contributed by atoms with van der Waals surface area (Å²) in [7, 11) is 0. The second-order valence-electron chi connectivity index (χ2n) is 4.64. The molecule has 2 rings (SSSR count). The Morgan fingerprint density at radius 3 is 2.55 bits per heavy atom. The smallest absolute Gasteiger partial charge is 0.267 e. The van der Waals surface area contributed by atoms with Crippen LogP contribution < -0.4 is 10.6 Å². The van der Waals surface area contributed by atoms with E-state index >= 15 is 0 Å². The highest BCUT2D eigenvalue weighted by Gasteiger charge is 2.09. The molecule has 5 heteroatoms. The molecule has 0 aliphatic heterocycles. The molecule has 0 aromatic heterocycles. The van der Waals surface area contributed by atoms with Crippen LogP contribution in [-0.4, -0.2) is 5.91 Å². The molecule has 0 radical (unpaired) electrons.